The highest BCUT2D eigenvalue weighted by atomic mass is 32.1. The van der Waals surface area contributed by atoms with Gasteiger partial charge in [0.25, 0.3) is 5.91 Å². The molecule has 0 saturated heterocycles. The van der Waals surface area contributed by atoms with E-state index in [1.807, 2.05) is 13.8 Å². The minimum Gasteiger partial charge on any atom is -0.497 e. The molecule has 0 spiro atoms. The van der Waals surface area contributed by atoms with Gasteiger partial charge >= 0.3 is 5.97 Å². The van der Waals surface area contributed by atoms with Gasteiger partial charge < -0.3 is 13.9 Å². The third kappa shape index (κ3) is 3.50. The van der Waals surface area contributed by atoms with Crippen LogP contribution < -0.4 is 15.1 Å². The number of thiazole rings is 1. The van der Waals surface area contributed by atoms with Crippen molar-refractivity contribution in [3.63, 3.8) is 0 Å². The molecule has 1 aliphatic heterocycles. The van der Waals surface area contributed by atoms with E-state index in [4.69, 9.17) is 13.9 Å². The number of benzene rings is 2. The quantitative estimate of drug-likeness (QED) is 0.382. The van der Waals surface area contributed by atoms with E-state index in [-0.39, 0.29) is 26.8 Å². The van der Waals surface area contributed by atoms with Crippen molar-refractivity contribution < 1.29 is 23.5 Å². The molecule has 8 nitrogen and oxygen atoms in total. The second-order valence-electron chi connectivity index (χ2n) is 8.36. The van der Waals surface area contributed by atoms with E-state index in [0.29, 0.717) is 28.0 Å². The van der Waals surface area contributed by atoms with Gasteiger partial charge in [-0.15, -0.1) is 0 Å². The number of methoxy groups -OCH3 is 2. The van der Waals surface area contributed by atoms with E-state index >= 15 is 0 Å². The maximum absolute atomic E-state index is 13.8. The Morgan fingerprint density at radius 2 is 1.74 bits per heavy atom. The van der Waals surface area contributed by atoms with Gasteiger partial charge in [-0.05, 0) is 61.7 Å². The van der Waals surface area contributed by atoms with Crippen molar-refractivity contribution in [2.24, 2.45) is 0 Å². The number of carbonyl (C=O) groups is 2. The Labute approximate surface area is 204 Å². The number of rotatable bonds is 4. The number of fused-ring (bicyclic) bond motifs is 2. The van der Waals surface area contributed by atoms with Crippen LogP contribution in [0.2, 0.25) is 0 Å². The number of aryl methyl sites for hydroxylation is 3. The van der Waals surface area contributed by atoms with Gasteiger partial charge in [0.2, 0.25) is 5.76 Å². The summed E-state index contributed by atoms with van der Waals surface area (Å²) >= 11 is 1.04. The van der Waals surface area contributed by atoms with Crippen LogP contribution in [0.25, 0.3) is 11.0 Å². The molecule has 0 unspecified atom stereocenters. The van der Waals surface area contributed by atoms with Gasteiger partial charge in [-0.1, -0.05) is 23.5 Å². The predicted octanol–water partition coefficient (Wildman–Crippen LogP) is 4.72. The Kier molecular flexibility index (Phi) is 5.44. The van der Waals surface area contributed by atoms with E-state index in [1.165, 1.54) is 12.0 Å². The summed E-state index contributed by atoms with van der Waals surface area (Å²) in [7, 11) is 2.85. The van der Waals surface area contributed by atoms with Crippen molar-refractivity contribution in [2.45, 2.75) is 26.8 Å². The molecule has 0 aliphatic carbocycles. The van der Waals surface area contributed by atoms with Gasteiger partial charge in [0, 0.05) is 0 Å². The predicted molar refractivity (Wildman–Crippen MR) is 132 cm³/mol. The average molecular weight is 491 g/mol. The lowest BCUT2D eigenvalue weighted by atomic mass is 9.97. The zero-order chi connectivity index (χ0) is 25.0. The Balaban J connectivity index is 1.78. The van der Waals surface area contributed by atoms with Gasteiger partial charge in [-0.2, -0.15) is 0 Å². The van der Waals surface area contributed by atoms with Gasteiger partial charge in [0.15, 0.2) is 10.6 Å². The fourth-order valence-electron chi connectivity index (χ4n) is 4.29. The molecule has 4 aromatic rings. The number of anilines is 1. The lowest BCUT2D eigenvalue weighted by molar-refractivity contribution is 0.0605. The van der Waals surface area contributed by atoms with E-state index in [9.17, 15) is 14.4 Å². The van der Waals surface area contributed by atoms with Gasteiger partial charge in [-0.3, -0.25) is 14.5 Å². The lowest BCUT2D eigenvalue weighted by Gasteiger charge is -2.22. The van der Waals surface area contributed by atoms with Crippen LogP contribution in [0.3, 0.4) is 0 Å². The zero-order valence-corrected chi connectivity index (χ0v) is 20.6. The summed E-state index contributed by atoms with van der Waals surface area (Å²) in [5.74, 6) is -0.427. The van der Waals surface area contributed by atoms with Crippen LogP contribution in [0.15, 0.2) is 45.6 Å². The van der Waals surface area contributed by atoms with E-state index < -0.39 is 17.9 Å². The van der Waals surface area contributed by atoms with Gasteiger partial charge in [-0.25, -0.2) is 9.78 Å². The standard InChI is InChI=1S/C26H22N2O6S/c1-12-10-17-18(11-13(12)2)34-22-19(21(17)29)20(15-6-8-16(32-4)9-7-15)28(24(22)30)26-27-14(3)23(35-26)25(31)33-5/h6-11,20H,1-5H3/t20-/m1/s1. The van der Waals surface area contributed by atoms with Crippen molar-refractivity contribution in [1.82, 2.24) is 4.98 Å². The third-order valence-corrected chi connectivity index (χ3v) is 7.42. The van der Waals surface area contributed by atoms with Gasteiger partial charge in [0.1, 0.15) is 16.2 Å². The highest BCUT2D eigenvalue weighted by molar-refractivity contribution is 7.17. The Morgan fingerprint density at radius 1 is 1.06 bits per heavy atom. The molecule has 178 valence electrons. The molecule has 5 rings (SSSR count). The molecule has 0 saturated carbocycles. The summed E-state index contributed by atoms with van der Waals surface area (Å²) in [5.41, 5.74) is 3.33. The molecular formula is C26H22N2O6S. The van der Waals surface area contributed by atoms with Gasteiger partial charge in [0.05, 0.1) is 36.9 Å². The first kappa shape index (κ1) is 22.8. The maximum Gasteiger partial charge on any atom is 0.350 e. The number of hydrogen-bond donors (Lipinski definition) is 0. The topological polar surface area (TPSA) is 98.9 Å². The highest BCUT2D eigenvalue weighted by Crippen LogP contribution is 2.43. The Hall–Kier alpha value is -3.98. The Morgan fingerprint density at radius 3 is 2.40 bits per heavy atom. The molecule has 1 atom stereocenters. The molecule has 1 aliphatic rings. The fraction of sp³-hybridized carbons (Fsp3) is 0.231. The second kappa shape index (κ2) is 8.35. The highest BCUT2D eigenvalue weighted by Gasteiger charge is 2.45. The van der Waals surface area contributed by atoms with Crippen molar-refractivity contribution in [1.29, 1.82) is 0 Å². The SMILES string of the molecule is COC(=O)c1sc(N2C(=O)c3oc4cc(C)c(C)cc4c(=O)c3[C@H]2c2ccc(OC)cc2)nc1C. The number of nitrogens with zero attached hydrogens (tertiary/aromatic N) is 2. The fourth-order valence-corrected chi connectivity index (χ4v) is 5.31. The second-order valence-corrected chi connectivity index (χ2v) is 9.34. The number of esters is 1. The van der Waals surface area contributed by atoms with E-state index in [2.05, 4.69) is 4.98 Å². The summed E-state index contributed by atoms with van der Waals surface area (Å²) in [6.07, 6.45) is 0. The van der Waals surface area contributed by atoms with Crippen molar-refractivity contribution in [3.05, 3.63) is 85.2 Å². The molecule has 0 bridgehead atoms. The number of hydrogen-bond acceptors (Lipinski definition) is 8. The van der Waals surface area contributed by atoms with E-state index in [1.54, 1.807) is 50.4 Å². The molecule has 1 amide bonds. The minimum atomic E-state index is -0.790. The number of amides is 1. The molecule has 0 fully saturated rings. The summed E-state index contributed by atoms with van der Waals surface area (Å²) in [4.78, 5) is 45.9. The van der Waals surface area contributed by atoms with Crippen LogP contribution in [0.4, 0.5) is 5.13 Å². The molecule has 0 radical (unpaired) electrons. The first-order chi connectivity index (χ1) is 16.7. The minimum absolute atomic E-state index is 0.0287. The smallest absolute Gasteiger partial charge is 0.350 e. The first-order valence-corrected chi connectivity index (χ1v) is 11.7. The number of carbonyl (C=O) groups excluding carboxylic acids is 2. The summed E-state index contributed by atoms with van der Waals surface area (Å²) in [5, 5.41) is 0.682. The normalized spacial score (nSPS) is 14.9. The molecule has 35 heavy (non-hydrogen) atoms. The summed E-state index contributed by atoms with van der Waals surface area (Å²) in [6, 6.07) is 9.89. The number of aromatic nitrogens is 1. The van der Waals surface area contributed by atoms with Crippen LogP contribution in [0, 0.1) is 20.8 Å². The Bertz CT molecular complexity index is 1570. The average Bonchev–Trinajstić information content (AvgIpc) is 3.37. The van der Waals surface area contributed by atoms with Crippen LogP contribution >= 0.6 is 11.3 Å². The van der Waals surface area contributed by atoms with Crippen LogP contribution in [-0.2, 0) is 4.74 Å². The van der Waals surface area contributed by atoms with Crippen molar-refractivity contribution >= 4 is 39.3 Å². The van der Waals surface area contributed by atoms with Crippen molar-refractivity contribution in [3.8, 4) is 5.75 Å². The van der Waals surface area contributed by atoms with Crippen LogP contribution in [-0.4, -0.2) is 31.1 Å². The largest absolute Gasteiger partial charge is 0.497 e. The molecule has 9 heteroatoms. The van der Waals surface area contributed by atoms with Crippen LogP contribution in [0.1, 0.15) is 54.2 Å². The molecule has 2 aromatic heterocycles. The van der Waals surface area contributed by atoms with Crippen LogP contribution in [0.5, 0.6) is 5.75 Å². The molecule has 0 N–H and O–H groups in total. The lowest BCUT2D eigenvalue weighted by Crippen LogP contribution is -2.29. The first-order valence-electron chi connectivity index (χ1n) is 10.9. The summed E-state index contributed by atoms with van der Waals surface area (Å²) in [6.45, 7) is 5.51. The molecular weight excluding hydrogens is 468 g/mol. The molecule has 2 aromatic carbocycles. The van der Waals surface area contributed by atoms with Crippen molar-refractivity contribution in [2.75, 3.05) is 19.1 Å². The monoisotopic (exact) mass is 490 g/mol. The maximum atomic E-state index is 13.8. The zero-order valence-electron chi connectivity index (χ0n) is 19.8. The van der Waals surface area contributed by atoms with E-state index in [0.717, 1.165) is 22.5 Å². The summed E-state index contributed by atoms with van der Waals surface area (Å²) < 4.78 is 16.2. The molecule has 3 heterocycles. The third-order valence-electron chi connectivity index (χ3n) is 6.28. The number of ether oxygens (including phenoxy) is 2.